The summed E-state index contributed by atoms with van der Waals surface area (Å²) in [7, 11) is 0. The van der Waals surface area contributed by atoms with Crippen LogP contribution in [0.2, 0.25) is 0 Å². The summed E-state index contributed by atoms with van der Waals surface area (Å²) in [5, 5.41) is 13.4. The maximum absolute atomic E-state index is 14.9. The van der Waals surface area contributed by atoms with E-state index in [4.69, 9.17) is 9.47 Å². The summed E-state index contributed by atoms with van der Waals surface area (Å²) >= 11 is 4.39. The minimum atomic E-state index is -4.96. The van der Waals surface area contributed by atoms with Crippen LogP contribution in [0.15, 0.2) is 45.1 Å². The van der Waals surface area contributed by atoms with Gasteiger partial charge in [-0.25, -0.2) is 0 Å². The molecule has 184 valence electrons. The number of thiophene rings is 1. The average Bonchev–Trinajstić information content (AvgIpc) is 3.47. The van der Waals surface area contributed by atoms with Crippen molar-refractivity contribution in [1.29, 1.82) is 0 Å². The summed E-state index contributed by atoms with van der Waals surface area (Å²) in [5.74, 6) is 0.174. The highest BCUT2D eigenvalue weighted by atomic mass is 79.9. The highest BCUT2D eigenvalue weighted by Gasteiger charge is 2.66. The number of aromatic nitrogens is 1. The van der Waals surface area contributed by atoms with Gasteiger partial charge in [-0.15, -0.1) is 11.3 Å². The lowest BCUT2D eigenvalue weighted by molar-refractivity contribution is -0.302. The maximum atomic E-state index is 14.9. The Bertz CT molecular complexity index is 1270. The van der Waals surface area contributed by atoms with E-state index in [0.717, 1.165) is 0 Å². The molecular formula is C24H25BrF3NO4S. The molecule has 3 heterocycles. The Morgan fingerprint density at radius 1 is 1.21 bits per heavy atom. The van der Waals surface area contributed by atoms with Gasteiger partial charge in [0.1, 0.15) is 0 Å². The van der Waals surface area contributed by atoms with Gasteiger partial charge in [0, 0.05) is 11.8 Å². The number of aliphatic hydroxyl groups is 1. The SMILES string of the molecule is CCC(CC)(n1cc(Br)c(=O)c2sccc21)C(O)(CC(C)c1cccc2c1OCO2)C(F)(F)F. The summed E-state index contributed by atoms with van der Waals surface area (Å²) in [6.45, 7) is 4.90. The molecule has 0 amide bonds. The zero-order valence-corrected chi connectivity index (χ0v) is 21.3. The molecule has 2 unspecified atom stereocenters. The van der Waals surface area contributed by atoms with Gasteiger partial charge in [0.15, 0.2) is 17.1 Å². The van der Waals surface area contributed by atoms with E-state index in [1.165, 1.54) is 22.1 Å². The molecule has 4 rings (SSSR count). The van der Waals surface area contributed by atoms with E-state index in [1.807, 2.05) is 0 Å². The van der Waals surface area contributed by atoms with Crippen LogP contribution in [-0.4, -0.2) is 28.2 Å². The van der Waals surface area contributed by atoms with E-state index in [2.05, 4.69) is 15.9 Å². The van der Waals surface area contributed by atoms with Crippen LogP contribution in [0.1, 0.15) is 51.5 Å². The standard InChI is InChI=1S/C24H25BrF3NO4S/c1-4-22(5-2,29-12-16(25)19(30)21-17(29)9-10-34-21)23(31,24(26,27)28)11-14(3)15-7-6-8-18-20(15)33-13-32-18/h6-10,12,14,31H,4-5,11,13H2,1-3H3. The normalized spacial score (nSPS) is 16.6. The van der Waals surface area contributed by atoms with Crippen LogP contribution in [0, 0.1) is 0 Å². The first-order valence-corrected chi connectivity index (χ1v) is 12.6. The molecule has 5 nitrogen and oxygen atoms in total. The molecule has 0 fully saturated rings. The van der Waals surface area contributed by atoms with Crippen LogP contribution in [0.4, 0.5) is 13.2 Å². The second kappa shape index (κ2) is 8.87. The van der Waals surface area contributed by atoms with E-state index in [-0.39, 0.29) is 29.5 Å². The highest BCUT2D eigenvalue weighted by Crippen LogP contribution is 2.53. The molecule has 34 heavy (non-hydrogen) atoms. The van der Waals surface area contributed by atoms with Crippen LogP contribution in [0.5, 0.6) is 11.5 Å². The summed E-state index contributed by atoms with van der Waals surface area (Å²) in [6, 6.07) is 6.72. The molecular weight excluding hydrogens is 535 g/mol. The van der Waals surface area contributed by atoms with Gasteiger partial charge in [-0.2, -0.15) is 13.2 Å². The first-order valence-electron chi connectivity index (χ1n) is 11.0. The molecule has 1 aromatic carbocycles. The molecule has 0 aliphatic carbocycles. The van der Waals surface area contributed by atoms with Crippen molar-refractivity contribution in [3.8, 4) is 11.5 Å². The number of pyridine rings is 1. The third-order valence-corrected chi connectivity index (χ3v) is 8.47. The van der Waals surface area contributed by atoms with Crippen molar-refractivity contribution in [2.75, 3.05) is 6.79 Å². The van der Waals surface area contributed by atoms with Crippen LogP contribution in [-0.2, 0) is 5.54 Å². The fraction of sp³-hybridized carbons (Fsp3) is 0.458. The van der Waals surface area contributed by atoms with Crippen molar-refractivity contribution < 1.29 is 27.8 Å². The number of hydrogen-bond donors (Lipinski definition) is 1. The predicted molar refractivity (Wildman–Crippen MR) is 129 cm³/mol. The van der Waals surface area contributed by atoms with Crippen molar-refractivity contribution >= 4 is 37.5 Å². The molecule has 0 saturated carbocycles. The highest BCUT2D eigenvalue weighted by molar-refractivity contribution is 9.10. The average molecular weight is 560 g/mol. The van der Waals surface area contributed by atoms with Crippen molar-refractivity contribution in [2.24, 2.45) is 0 Å². The third kappa shape index (κ3) is 3.65. The smallest absolute Gasteiger partial charge is 0.419 e. The number of para-hydroxylation sites is 1. The summed E-state index contributed by atoms with van der Waals surface area (Å²) in [4.78, 5) is 12.6. The van der Waals surface area contributed by atoms with E-state index < -0.39 is 29.7 Å². The first-order chi connectivity index (χ1) is 16.0. The minimum Gasteiger partial charge on any atom is -0.454 e. The van der Waals surface area contributed by atoms with Crippen LogP contribution < -0.4 is 14.9 Å². The Labute approximate surface area is 207 Å². The molecule has 0 spiro atoms. The third-order valence-electron chi connectivity index (χ3n) is 7.00. The molecule has 0 bridgehead atoms. The number of halogens is 4. The summed E-state index contributed by atoms with van der Waals surface area (Å²) in [6.07, 6.45) is -4.21. The number of ether oxygens (including phenoxy) is 2. The van der Waals surface area contributed by atoms with Crippen molar-refractivity contribution in [3.05, 3.63) is 56.1 Å². The molecule has 1 aliphatic rings. The lowest BCUT2D eigenvalue weighted by atomic mass is 9.69. The van der Waals surface area contributed by atoms with Crippen molar-refractivity contribution in [3.63, 3.8) is 0 Å². The lowest BCUT2D eigenvalue weighted by Gasteiger charge is -2.50. The number of hydrogen-bond acceptors (Lipinski definition) is 5. The van der Waals surface area contributed by atoms with Gasteiger partial charge in [0.25, 0.3) is 0 Å². The van der Waals surface area contributed by atoms with Gasteiger partial charge in [0.05, 0.1) is 20.2 Å². The molecule has 3 aromatic rings. The largest absolute Gasteiger partial charge is 0.454 e. The molecule has 0 saturated heterocycles. The van der Waals surface area contributed by atoms with Gasteiger partial charge in [0.2, 0.25) is 12.2 Å². The van der Waals surface area contributed by atoms with Crippen LogP contribution in [0.25, 0.3) is 10.2 Å². The summed E-state index contributed by atoms with van der Waals surface area (Å²) in [5.41, 5.74) is -4.27. The fourth-order valence-electron chi connectivity index (χ4n) is 5.20. The van der Waals surface area contributed by atoms with Gasteiger partial charge >= 0.3 is 6.18 Å². The van der Waals surface area contributed by atoms with Gasteiger partial charge in [-0.1, -0.05) is 32.9 Å². The minimum absolute atomic E-state index is 0.00196. The lowest BCUT2D eigenvalue weighted by Crippen LogP contribution is -2.64. The van der Waals surface area contributed by atoms with Gasteiger partial charge < -0.3 is 19.1 Å². The molecule has 10 heteroatoms. The number of rotatable bonds is 7. The summed E-state index contributed by atoms with van der Waals surface area (Å²) < 4.78 is 57.6. The number of alkyl halides is 3. The predicted octanol–water partition coefficient (Wildman–Crippen LogP) is 6.56. The molecule has 2 aromatic heterocycles. The Hall–Kier alpha value is -2.04. The second-order valence-electron chi connectivity index (χ2n) is 8.59. The van der Waals surface area contributed by atoms with E-state index >= 15 is 0 Å². The fourth-order valence-corrected chi connectivity index (χ4v) is 6.58. The Kier molecular flexibility index (Phi) is 6.54. The number of benzene rings is 1. The van der Waals surface area contributed by atoms with Gasteiger partial charge in [-0.05, 0) is 58.6 Å². The Morgan fingerprint density at radius 2 is 1.91 bits per heavy atom. The van der Waals surface area contributed by atoms with Gasteiger partial charge in [-0.3, -0.25) is 4.79 Å². The van der Waals surface area contributed by atoms with Crippen LogP contribution >= 0.6 is 27.3 Å². The van der Waals surface area contributed by atoms with E-state index in [1.54, 1.807) is 50.4 Å². The van der Waals surface area contributed by atoms with E-state index in [9.17, 15) is 23.1 Å². The van der Waals surface area contributed by atoms with Crippen LogP contribution in [0.3, 0.4) is 0 Å². The second-order valence-corrected chi connectivity index (χ2v) is 10.4. The van der Waals surface area contributed by atoms with Crippen molar-refractivity contribution in [1.82, 2.24) is 4.57 Å². The first kappa shape index (κ1) is 25.1. The van der Waals surface area contributed by atoms with E-state index in [0.29, 0.717) is 27.3 Å². The molecule has 1 aliphatic heterocycles. The van der Waals surface area contributed by atoms with Crippen molar-refractivity contribution in [2.45, 2.75) is 63.3 Å². The Balaban J connectivity index is 1.91. The monoisotopic (exact) mass is 559 g/mol. The quantitative estimate of drug-likeness (QED) is 0.356. The zero-order valence-electron chi connectivity index (χ0n) is 18.9. The maximum Gasteiger partial charge on any atom is 0.419 e. The molecule has 2 atom stereocenters. The number of nitrogens with zero attached hydrogens (tertiary/aromatic N) is 1. The molecule has 0 radical (unpaired) electrons. The number of fused-ring (bicyclic) bond motifs is 2. The topological polar surface area (TPSA) is 60.7 Å². The molecule has 1 N–H and O–H groups in total. The zero-order chi connectivity index (χ0) is 24.9. The Morgan fingerprint density at radius 3 is 2.56 bits per heavy atom.